The Morgan fingerprint density at radius 2 is 2.15 bits per heavy atom. The minimum absolute atomic E-state index is 0.0437. The van der Waals surface area contributed by atoms with E-state index in [0.717, 1.165) is 27.8 Å². The molecule has 0 spiro atoms. The second-order valence-corrected chi connectivity index (χ2v) is 11.1. The van der Waals surface area contributed by atoms with E-state index < -0.39 is 9.84 Å². The van der Waals surface area contributed by atoms with Gasteiger partial charge in [0.25, 0.3) is 0 Å². The van der Waals surface area contributed by atoms with Gasteiger partial charge in [-0.15, -0.1) is 0 Å². The molecule has 1 atom stereocenters. The number of carbonyl (C=O) groups excluding carboxylic acids is 1. The maximum absolute atomic E-state index is 14.7. The van der Waals surface area contributed by atoms with E-state index in [9.17, 15) is 17.6 Å². The molecule has 0 bridgehead atoms. The number of nitrogens with zero attached hydrogens (tertiary/aromatic N) is 3. The van der Waals surface area contributed by atoms with Crippen LogP contribution in [0.5, 0.6) is 0 Å². The highest BCUT2D eigenvalue weighted by molar-refractivity contribution is 7.90. The Bertz CT molecular complexity index is 1420. The Hall–Kier alpha value is -3.34. The number of benzene rings is 1. The molecule has 0 saturated heterocycles. The summed E-state index contributed by atoms with van der Waals surface area (Å²) < 4.78 is 37.3. The number of aromatic amines is 1. The van der Waals surface area contributed by atoms with Gasteiger partial charge in [0.1, 0.15) is 33.4 Å². The molecule has 1 unspecified atom stereocenters. The van der Waals surface area contributed by atoms with Gasteiger partial charge >= 0.3 is 0 Å². The average Bonchev–Trinajstić information content (AvgIpc) is 3.39. The Morgan fingerprint density at radius 1 is 1.29 bits per heavy atom. The van der Waals surface area contributed by atoms with E-state index in [0.29, 0.717) is 55.9 Å². The van der Waals surface area contributed by atoms with Crippen molar-refractivity contribution in [3.63, 3.8) is 0 Å². The zero-order chi connectivity index (χ0) is 23.9. The summed E-state index contributed by atoms with van der Waals surface area (Å²) >= 11 is 0. The van der Waals surface area contributed by atoms with E-state index in [-0.39, 0.29) is 23.4 Å². The normalized spacial score (nSPS) is 16.9. The first kappa shape index (κ1) is 22.5. The summed E-state index contributed by atoms with van der Waals surface area (Å²) in [6, 6.07) is 3.21. The standard InChI is InChI=1S/C23H25FN6O3S/c1-34(32,33)6-2-5-26-23(31)13-3-4-18-16(7-13)20-21(29-18)27-12-28-22(20)30-19-9-15-11-25-10-14(15)8-17(19)24/h8-9,11-13H,2-7,10H2,1H3,(H,26,31)(H2,27,28,29,30). The number of carbonyl (C=O) groups is 1. The van der Waals surface area contributed by atoms with Gasteiger partial charge in [-0.25, -0.2) is 22.8 Å². The van der Waals surface area contributed by atoms with Crippen LogP contribution in [-0.2, 0) is 34.0 Å². The largest absolute Gasteiger partial charge is 0.356 e. The monoisotopic (exact) mass is 484 g/mol. The lowest BCUT2D eigenvalue weighted by Crippen LogP contribution is -2.35. The summed E-state index contributed by atoms with van der Waals surface area (Å²) in [4.78, 5) is 29.0. The first-order valence-corrected chi connectivity index (χ1v) is 13.2. The number of amides is 1. The van der Waals surface area contributed by atoms with Crippen molar-refractivity contribution < 1.29 is 17.6 Å². The molecule has 1 aliphatic carbocycles. The maximum atomic E-state index is 14.7. The van der Waals surface area contributed by atoms with Gasteiger partial charge in [0.15, 0.2) is 0 Å². The number of aryl methyl sites for hydroxylation is 1. The Morgan fingerprint density at radius 3 is 2.97 bits per heavy atom. The number of aromatic nitrogens is 3. The summed E-state index contributed by atoms with van der Waals surface area (Å²) in [5, 5.41) is 6.73. The number of anilines is 2. The SMILES string of the molecule is CS(=O)(=O)CCCNC(=O)C1CCc2[nH]c3ncnc(Nc4cc5c(cc4F)CN=C5)c3c2C1. The van der Waals surface area contributed by atoms with Crippen LogP contribution in [0.1, 0.15) is 35.2 Å². The van der Waals surface area contributed by atoms with E-state index in [2.05, 4.69) is 30.6 Å². The molecular formula is C23H25FN6O3S. The van der Waals surface area contributed by atoms with Gasteiger partial charge in [0.05, 0.1) is 23.4 Å². The number of nitrogens with one attached hydrogen (secondary N) is 3. The molecule has 3 N–H and O–H groups in total. The number of hydrogen-bond donors (Lipinski definition) is 3. The summed E-state index contributed by atoms with van der Waals surface area (Å²) in [5.74, 6) is -0.200. The van der Waals surface area contributed by atoms with Gasteiger partial charge in [-0.1, -0.05) is 0 Å². The highest BCUT2D eigenvalue weighted by atomic mass is 32.2. The number of fused-ring (bicyclic) bond motifs is 4. The highest BCUT2D eigenvalue weighted by Gasteiger charge is 2.29. The van der Waals surface area contributed by atoms with Crippen molar-refractivity contribution in [2.24, 2.45) is 10.9 Å². The Kier molecular flexibility index (Phi) is 5.80. The number of hydrogen-bond acceptors (Lipinski definition) is 7. The lowest BCUT2D eigenvalue weighted by molar-refractivity contribution is -0.125. The second kappa shape index (κ2) is 8.79. The van der Waals surface area contributed by atoms with Crippen molar-refractivity contribution in [2.45, 2.75) is 32.2 Å². The third-order valence-corrected chi connectivity index (χ3v) is 7.34. The van der Waals surface area contributed by atoms with E-state index >= 15 is 0 Å². The van der Waals surface area contributed by atoms with Crippen molar-refractivity contribution in [2.75, 3.05) is 23.9 Å². The minimum atomic E-state index is -3.05. The molecule has 0 saturated carbocycles. The average molecular weight is 485 g/mol. The first-order valence-electron chi connectivity index (χ1n) is 11.2. The minimum Gasteiger partial charge on any atom is -0.356 e. The lowest BCUT2D eigenvalue weighted by atomic mass is 9.86. The lowest BCUT2D eigenvalue weighted by Gasteiger charge is -2.22. The van der Waals surface area contributed by atoms with Crippen LogP contribution >= 0.6 is 0 Å². The molecule has 178 valence electrons. The van der Waals surface area contributed by atoms with Crippen LogP contribution < -0.4 is 10.6 Å². The van der Waals surface area contributed by atoms with Crippen LogP contribution in [0, 0.1) is 11.7 Å². The predicted octanol–water partition coefficient (Wildman–Crippen LogP) is 2.43. The fourth-order valence-corrected chi connectivity index (χ4v) is 5.27. The van der Waals surface area contributed by atoms with Crippen LogP contribution in [0.15, 0.2) is 23.5 Å². The van der Waals surface area contributed by atoms with Gasteiger partial charge in [0, 0.05) is 30.6 Å². The van der Waals surface area contributed by atoms with Crippen LogP contribution in [0.3, 0.4) is 0 Å². The van der Waals surface area contributed by atoms with Crippen LogP contribution in [0.2, 0.25) is 0 Å². The summed E-state index contributed by atoms with van der Waals surface area (Å²) in [7, 11) is -3.05. The molecule has 3 heterocycles. The van der Waals surface area contributed by atoms with Gasteiger partial charge in [-0.3, -0.25) is 9.79 Å². The summed E-state index contributed by atoms with van der Waals surface area (Å²) in [5.41, 5.74) is 4.61. The van der Waals surface area contributed by atoms with Gasteiger partial charge in [-0.05, 0) is 54.5 Å². The molecule has 3 aromatic rings. The third kappa shape index (κ3) is 4.52. The number of halogens is 1. The molecule has 2 aliphatic rings. The molecular weight excluding hydrogens is 459 g/mol. The topological polar surface area (TPSA) is 129 Å². The molecule has 1 aliphatic heterocycles. The van der Waals surface area contributed by atoms with Crippen LogP contribution in [-0.4, -0.2) is 54.0 Å². The maximum Gasteiger partial charge on any atom is 0.223 e. The van der Waals surface area contributed by atoms with Crippen molar-refractivity contribution in [3.05, 3.63) is 46.7 Å². The first-order chi connectivity index (χ1) is 16.3. The molecule has 11 heteroatoms. The van der Waals surface area contributed by atoms with Crippen molar-refractivity contribution in [1.82, 2.24) is 20.3 Å². The Balaban J connectivity index is 1.37. The Labute approximate surface area is 196 Å². The molecule has 0 fully saturated rings. The molecule has 34 heavy (non-hydrogen) atoms. The number of sulfone groups is 1. The molecule has 5 rings (SSSR count). The van der Waals surface area contributed by atoms with Gasteiger partial charge in [-0.2, -0.15) is 0 Å². The zero-order valence-electron chi connectivity index (χ0n) is 18.7. The number of aliphatic imine (C=N–C) groups is 1. The van der Waals surface area contributed by atoms with Crippen LogP contribution in [0.25, 0.3) is 11.0 Å². The fourth-order valence-electron chi connectivity index (χ4n) is 4.60. The van der Waals surface area contributed by atoms with E-state index in [4.69, 9.17) is 0 Å². The smallest absolute Gasteiger partial charge is 0.223 e. The highest BCUT2D eigenvalue weighted by Crippen LogP contribution is 2.36. The van der Waals surface area contributed by atoms with Crippen molar-refractivity contribution >= 4 is 44.5 Å². The summed E-state index contributed by atoms with van der Waals surface area (Å²) in [6.07, 6.45) is 6.56. The number of H-pyrrole nitrogens is 1. The molecule has 0 radical (unpaired) electrons. The molecule has 1 aromatic carbocycles. The van der Waals surface area contributed by atoms with Gasteiger partial charge < -0.3 is 15.6 Å². The second-order valence-electron chi connectivity index (χ2n) is 8.87. The van der Waals surface area contributed by atoms with E-state index in [1.807, 2.05) is 0 Å². The third-order valence-electron chi connectivity index (χ3n) is 6.31. The molecule has 1 amide bonds. The van der Waals surface area contributed by atoms with E-state index in [1.165, 1.54) is 18.6 Å². The van der Waals surface area contributed by atoms with Crippen molar-refractivity contribution in [3.8, 4) is 0 Å². The molecule has 9 nitrogen and oxygen atoms in total. The predicted molar refractivity (Wildman–Crippen MR) is 128 cm³/mol. The van der Waals surface area contributed by atoms with Crippen molar-refractivity contribution in [1.29, 1.82) is 0 Å². The van der Waals surface area contributed by atoms with Gasteiger partial charge in [0.2, 0.25) is 5.91 Å². The molecule has 2 aromatic heterocycles. The number of rotatable bonds is 7. The van der Waals surface area contributed by atoms with Crippen LogP contribution in [0.4, 0.5) is 15.9 Å². The summed E-state index contributed by atoms with van der Waals surface area (Å²) in [6.45, 7) is 0.799. The van der Waals surface area contributed by atoms with E-state index in [1.54, 1.807) is 12.3 Å². The zero-order valence-corrected chi connectivity index (χ0v) is 19.5. The fraction of sp³-hybridized carbons (Fsp3) is 0.391. The quantitative estimate of drug-likeness (QED) is 0.442.